The number of carbonyl (C=O) groups is 2. The van der Waals surface area contributed by atoms with Gasteiger partial charge in [-0.25, -0.2) is 9.59 Å². The summed E-state index contributed by atoms with van der Waals surface area (Å²) in [7, 11) is 0. The van der Waals surface area contributed by atoms with Gasteiger partial charge in [-0.05, 0) is 57.3 Å². The van der Waals surface area contributed by atoms with Crippen molar-refractivity contribution in [1.82, 2.24) is 0 Å². The van der Waals surface area contributed by atoms with Crippen LogP contribution in [0.25, 0.3) is 0 Å². The molecular weight excluding hydrogens is 464 g/mol. The molecule has 0 saturated carbocycles. The summed E-state index contributed by atoms with van der Waals surface area (Å²) in [4.78, 5) is 26.4. The average molecular weight is 499 g/mol. The van der Waals surface area contributed by atoms with E-state index in [4.69, 9.17) is 14.2 Å². The molecule has 0 aliphatic carbocycles. The average Bonchev–Trinajstić information content (AvgIpc) is 3.40. The summed E-state index contributed by atoms with van der Waals surface area (Å²) >= 11 is 0. The van der Waals surface area contributed by atoms with E-state index in [2.05, 4.69) is 53.7 Å². The lowest BCUT2D eigenvalue weighted by Gasteiger charge is -2.36. The molecule has 2 aliphatic heterocycles. The molecule has 37 heavy (non-hydrogen) atoms. The highest BCUT2D eigenvalue weighted by molar-refractivity contribution is 5.90. The quantitative estimate of drug-likeness (QED) is 0.368. The molecule has 0 N–H and O–H groups in total. The first kappa shape index (κ1) is 25.2. The third kappa shape index (κ3) is 4.57. The minimum Gasteiger partial charge on any atom is -0.452 e. The molecule has 0 radical (unpaired) electrons. The number of benzene rings is 3. The van der Waals surface area contributed by atoms with Crippen molar-refractivity contribution in [3.8, 4) is 0 Å². The summed E-state index contributed by atoms with van der Waals surface area (Å²) < 4.78 is 18.7. The maximum Gasteiger partial charge on any atom is 0.338 e. The van der Waals surface area contributed by atoms with Crippen molar-refractivity contribution in [2.24, 2.45) is 0 Å². The zero-order valence-electron chi connectivity index (χ0n) is 22.3. The summed E-state index contributed by atoms with van der Waals surface area (Å²) in [6.07, 6.45) is -2.60. The highest BCUT2D eigenvalue weighted by atomic mass is 16.6. The highest BCUT2D eigenvalue weighted by Gasteiger charge is 2.59. The summed E-state index contributed by atoms with van der Waals surface area (Å²) in [5.74, 6) is -0.929. The third-order valence-electron chi connectivity index (χ3n) is 7.19. The third-order valence-corrected chi connectivity index (χ3v) is 7.19. The number of carbonyl (C=O) groups excluding carboxylic acids is 2. The lowest BCUT2D eigenvalue weighted by Crippen LogP contribution is -2.41. The van der Waals surface area contributed by atoms with Gasteiger partial charge in [-0.3, -0.25) is 0 Å². The Morgan fingerprint density at radius 3 is 1.27 bits per heavy atom. The molecule has 4 unspecified atom stereocenters. The highest BCUT2D eigenvalue weighted by Crippen LogP contribution is 2.58. The van der Waals surface area contributed by atoms with E-state index in [9.17, 15) is 9.59 Å². The van der Waals surface area contributed by atoms with Crippen LogP contribution >= 0.6 is 0 Å². The molecule has 0 amide bonds. The molecule has 1 saturated heterocycles. The fourth-order valence-electron chi connectivity index (χ4n) is 5.47. The van der Waals surface area contributed by atoms with Crippen LogP contribution in [0, 0.1) is 0 Å². The van der Waals surface area contributed by atoms with Gasteiger partial charge in [-0.15, -0.1) is 0 Å². The topological polar surface area (TPSA) is 61.8 Å². The molecular formula is C32H34O5. The first-order chi connectivity index (χ1) is 17.5. The van der Waals surface area contributed by atoms with Gasteiger partial charge in [-0.1, -0.05) is 90.1 Å². The molecule has 2 aliphatic rings. The number of rotatable bonds is 4. The van der Waals surface area contributed by atoms with E-state index in [-0.39, 0.29) is 10.8 Å². The number of hydrogen-bond donors (Lipinski definition) is 0. The molecule has 1 fully saturated rings. The van der Waals surface area contributed by atoms with Crippen molar-refractivity contribution in [2.75, 3.05) is 0 Å². The predicted octanol–water partition coefficient (Wildman–Crippen LogP) is 6.86. The summed E-state index contributed by atoms with van der Waals surface area (Å²) in [5, 5.41) is 0. The van der Waals surface area contributed by atoms with E-state index in [0.717, 1.165) is 22.3 Å². The van der Waals surface area contributed by atoms with Crippen LogP contribution in [0.2, 0.25) is 0 Å². The van der Waals surface area contributed by atoms with Gasteiger partial charge >= 0.3 is 11.9 Å². The van der Waals surface area contributed by atoms with Crippen LogP contribution in [0.1, 0.15) is 96.7 Å². The van der Waals surface area contributed by atoms with Crippen molar-refractivity contribution in [3.63, 3.8) is 0 Å². The predicted molar refractivity (Wildman–Crippen MR) is 142 cm³/mol. The van der Waals surface area contributed by atoms with Gasteiger partial charge in [0.1, 0.15) is 12.2 Å². The molecule has 0 aromatic heterocycles. The smallest absolute Gasteiger partial charge is 0.338 e. The van der Waals surface area contributed by atoms with Crippen molar-refractivity contribution < 1.29 is 23.8 Å². The molecule has 4 atom stereocenters. The van der Waals surface area contributed by atoms with Crippen LogP contribution in [-0.2, 0) is 25.0 Å². The lowest BCUT2D eigenvalue weighted by molar-refractivity contribution is -0.0351. The first-order valence-electron chi connectivity index (χ1n) is 12.8. The van der Waals surface area contributed by atoms with Gasteiger partial charge in [0.05, 0.1) is 11.1 Å². The second kappa shape index (κ2) is 9.14. The van der Waals surface area contributed by atoms with Crippen LogP contribution in [0.15, 0.2) is 72.8 Å². The van der Waals surface area contributed by atoms with E-state index in [1.54, 1.807) is 48.5 Å². The number of ether oxygens (including phenoxy) is 3. The van der Waals surface area contributed by atoms with Crippen molar-refractivity contribution in [3.05, 3.63) is 106 Å². The molecule has 5 rings (SSSR count). The Labute approximate surface area is 218 Å². The Balaban J connectivity index is 1.61. The minimum atomic E-state index is -0.769. The summed E-state index contributed by atoms with van der Waals surface area (Å²) in [5.41, 5.74) is 4.99. The maximum absolute atomic E-state index is 13.2. The van der Waals surface area contributed by atoms with Crippen molar-refractivity contribution in [1.29, 1.82) is 0 Å². The van der Waals surface area contributed by atoms with E-state index in [1.807, 2.05) is 12.1 Å². The zero-order valence-corrected chi connectivity index (χ0v) is 22.3. The van der Waals surface area contributed by atoms with Gasteiger partial charge in [0, 0.05) is 0 Å². The van der Waals surface area contributed by atoms with Crippen LogP contribution in [0.5, 0.6) is 0 Å². The van der Waals surface area contributed by atoms with Gasteiger partial charge in [0.2, 0.25) is 0 Å². The van der Waals surface area contributed by atoms with Gasteiger partial charge in [0.25, 0.3) is 0 Å². The SMILES string of the molecule is CC(C)(C)c1ccc(C(C)(C)C)c2c1C1OC2C(OC(=O)c2ccccc2)C1OC(=O)c1ccccc1. The molecule has 5 heteroatoms. The second-order valence-corrected chi connectivity index (χ2v) is 11.9. The number of esters is 2. The maximum atomic E-state index is 13.2. The number of fused-ring (bicyclic) bond motifs is 5. The normalized spacial score (nSPS) is 22.4. The molecule has 192 valence electrons. The molecule has 2 bridgehead atoms. The second-order valence-electron chi connectivity index (χ2n) is 11.9. The van der Waals surface area contributed by atoms with Crippen LogP contribution in [0.3, 0.4) is 0 Å². The van der Waals surface area contributed by atoms with Gasteiger partial charge < -0.3 is 14.2 Å². The van der Waals surface area contributed by atoms with E-state index < -0.39 is 36.4 Å². The van der Waals surface area contributed by atoms with Crippen LogP contribution < -0.4 is 0 Å². The first-order valence-corrected chi connectivity index (χ1v) is 12.8. The Morgan fingerprint density at radius 2 is 0.946 bits per heavy atom. The largest absolute Gasteiger partial charge is 0.452 e. The van der Waals surface area contributed by atoms with Crippen LogP contribution in [-0.4, -0.2) is 24.1 Å². The van der Waals surface area contributed by atoms with E-state index >= 15 is 0 Å². The van der Waals surface area contributed by atoms with Crippen LogP contribution in [0.4, 0.5) is 0 Å². The van der Waals surface area contributed by atoms with Gasteiger partial charge in [-0.2, -0.15) is 0 Å². The zero-order chi connectivity index (χ0) is 26.5. The minimum absolute atomic E-state index is 0.154. The molecule has 0 spiro atoms. The summed E-state index contributed by atoms with van der Waals surface area (Å²) in [6, 6.07) is 22.1. The molecule has 3 aromatic carbocycles. The number of hydrogen-bond acceptors (Lipinski definition) is 5. The van der Waals surface area contributed by atoms with Crippen molar-refractivity contribution >= 4 is 11.9 Å². The molecule has 3 aromatic rings. The standard InChI is InChI=1S/C32H34O5/c1-31(2,3)21-17-18-22(32(4,5)6)24-23(21)25-27(36-29(33)19-13-9-7-10-14-19)28(26(24)35-25)37-30(34)20-15-11-8-12-16-20/h7-18,25-28H,1-6H3. The Hall–Kier alpha value is -3.44. The Kier molecular flexibility index (Phi) is 6.23. The monoisotopic (exact) mass is 498 g/mol. The Morgan fingerprint density at radius 1 is 0.595 bits per heavy atom. The van der Waals surface area contributed by atoms with E-state index in [1.165, 1.54) is 0 Å². The fourth-order valence-corrected chi connectivity index (χ4v) is 5.47. The lowest BCUT2D eigenvalue weighted by atomic mass is 9.71. The van der Waals surface area contributed by atoms with Gasteiger partial charge in [0.15, 0.2) is 12.2 Å². The molecule has 2 heterocycles. The summed E-state index contributed by atoms with van der Waals surface area (Å²) in [6.45, 7) is 13.0. The Bertz CT molecular complexity index is 1210. The molecule has 5 nitrogen and oxygen atoms in total. The fraction of sp³-hybridized carbons (Fsp3) is 0.375. The van der Waals surface area contributed by atoms with Crippen molar-refractivity contribution in [2.45, 2.75) is 76.8 Å². The van der Waals surface area contributed by atoms with E-state index in [0.29, 0.717) is 11.1 Å².